The number of benzene rings is 3. The Hall–Kier alpha value is -3.37. The summed E-state index contributed by atoms with van der Waals surface area (Å²) in [5.41, 5.74) is 4.30. The smallest absolute Gasteiger partial charge is 0.213 e. The second kappa shape index (κ2) is 6.90. The summed E-state index contributed by atoms with van der Waals surface area (Å²) in [6, 6.07) is 21.4. The number of para-hydroxylation sites is 2. The second-order valence-electron chi connectivity index (χ2n) is 7.01. The summed E-state index contributed by atoms with van der Waals surface area (Å²) in [6.45, 7) is 2.38. The Kier molecular flexibility index (Phi) is 4.22. The first kappa shape index (κ1) is 17.7. The standard InChI is InChI=1S/C24H17ClN2O2/c1-15-18(25)11-12-21-22(15)23(28)17-13-26-19-9-5-6-10-20(19)27(24(17)29-21)14-16-7-3-2-4-8-16/h2-13H,14H2,1H3. The molecule has 0 aliphatic carbocycles. The largest absolute Gasteiger partial charge is 0.439 e. The third-order valence-corrected chi connectivity index (χ3v) is 5.61. The van der Waals surface area contributed by atoms with E-state index in [2.05, 4.69) is 17.1 Å². The Labute approximate surface area is 172 Å². The van der Waals surface area contributed by atoms with Crippen molar-refractivity contribution in [2.45, 2.75) is 13.5 Å². The predicted molar refractivity (Wildman–Crippen MR) is 118 cm³/mol. The lowest BCUT2D eigenvalue weighted by Crippen LogP contribution is -2.21. The highest BCUT2D eigenvalue weighted by Crippen LogP contribution is 2.39. The van der Waals surface area contributed by atoms with Crippen LogP contribution in [0.5, 0.6) is 0 Å². The Morgan fingerprint density at radius 1 is 1.00 bits per heavy atom. The molecule has 1 aliphatic rings. The summed E-state index contributed by atoms with van der Waals surface area (Å²) in [4.78, 5) is 20.0. The van der Waals surface area contributed by atoms with Crippen LogP contribution in [0.15, 0.2) is 80.9 Å². The molecule has 0 spiro atoms. The first-order chi connectivity index (χ1) is 14.1. The zero-order valence-electron chi connectivity index (χ0n) is 15.7. The third-order valence-electron chi connectivity index (χ3n) is 5.20. The molecule has 5 heteroatoms. The van der Waals surface area contributed by atoms with Gasteiger partial charge in [0, 0.05) is 11.2 Å². The minimum Gasteiger partial charge on any atom is -0.439 e. The van der Waals surface area contributed by atoms with Crippen molar-refractivity contribution in [3.05, 3.63) is 98.7 Å². The zero-order chi connectivity index (χ0) is 20.0. The molecular weight excluding hydrogens is 384 g/mol. The van der Waals surface area contributed by atoms with E-state index in [4.69, 9.17) is 16.0 Å². The number of halogens is 1. The van der Waals surface area contributed by atoms with Crippen LogP contribution in [0.2, 0.25) is 5.02 Å². The normalized spacial score (nSPS) is 12.6. The average molecular weight is 401 g/mol. The highest BCUT2D eigenvalue weighted by atomic mass is 35.5. The van der Waals surface area contributed by atoms with Crippen LogP contribution in [-0.4, -0.2) is 6.21 Å². The number of fused-ring (bicyclic) bond motifs is 3. The van der Waals surface area contributed by atoms with Crippen LogP contribution in [-0.2, 0) is 6.54 Å². The lowest BCUT2D eigenvalue weighted by molar-refractivity contribution is 0.592. The lowest BCUT2D eigenvalue weighted by Gasteiger charge is -2.25. The molecule has 1 aliphatic heterocycles. The summed E-state index contributed by atoms with van der Waals surface area (Å²) in [7, 11) is 0. The first-order valence-electron chi connectivity index (χ1n) is 9.34. The number of hydrogen-bond acceptors (Lipinski definition) is 4. The molecule has 2 heterocycles. The van der Waals surface area contributed by atoms with Gasteiger partial charge in [-0.25, -0.2) is 0 Å². The van der Waals surface area contributed by atoms with E-state index >= 15 is 0 Å². The summed E-state index contributed by atoms with van der Waals surface area (Å²) in [6.07, 6.45) is 1.60. The van der Waals surface area contributed by atoms with Crippen molar-refractivity contribution in [1.29, 1.82) is 0 Å². The molecule has 0 N–H and O–H groups in total. The molecule has 5 rings (SSSR count). The molecule has 4 aromatic rings. The molecule has 0 amide bonds. The maximum atomic E-state index is 13.4. The number of hydrogen-bond donors (Lipinski definition) is 0. The van der Waals surface area contributed by atoms with Gasteiger partial charge in [0.2, 0.25) is 11.3 Å². The molecule has 0 saturated heterocycles. The van der Waals surface area contributed by atoms with E-state index < -0.39 is 0 Å². The van der Waals surface area contributed by atoms with Crippen molar-refractivity contribution in [3.63, 3.8) is 0 Å². The first-order valence-corrected chi connectivity index (χ1v) is 9.72. The second-order valence-corrected chi connectivity index (χ2v) is 7.42. The Morgan fingerprint density at radius 3 is 2.59 bits per heavy atom. The topological polar surface area (TPSA) is 45.8 Å². The van der Waals surface area contributed by atoms with Gasteiger partial charge in [0.1, 0.15) is 11.1 Å². The monoisotopic (exact) mass is 400 g/mol. The minimum absolute atomic E-state index is 0.129. The van der Waals surface area contributed by atoms with Gasteiger partial charge in [0.05, 0.1) is 23.3 Å². The molecule has 0 fully saturated rings. The lowest BCUT2D eigenvalue weighted by atomic mass is 10.1. The van der Waals surface area contributed by atoms with E-state index in [1.54, 1.807) is 18.3 Å². The van der Waals surface area contributed by atoms with E-state index in [1.807, 2.05) is 54.3 Å². The fraction of sp³-hybridized carbons (Fsp3) is 0.0833. The van der Waals surface area contributed by atoms with Gasteiger partial charge < -0.3 is 9.32 Å². The van der Waals surface area contributed by atoms with Crippen molar-refractivity contribution in [1.82, 2.24) is 0 Å². The van der Waals surface area contributed by atoms with E-state index in [1.165, 1.54) is 0 Å². The number of anilines is 2. The SMILES string of the molecule is Cc1c(Cl)ccc2oc3c(c(=O)c12)C=Nc1ccccc1N3Cc1ccccc1. The average Bonchev–Trinajstić information content (AvgIpc) is 2.89. The van der Waals surface area contributed by atoms with Gasteiger partial charge in [-0.1, -0.05) is 54.1 Å². The molecular formula is C24H17ClN2O2. The van der Waals surface area contributed by atoms with Crippen molar-refractivity contribution in [2.75, 3.05) is 4.90 Å². The van der Waals surface area contributed by atoms with Crippen LogP contribution in [0.1, 0.15) is 16.7 Å². The van der Waals surface area contributed by atoms with Crippen LogP contribution in [0.3, 0.4) is 0 Å². The number of nitrogens with zero attached hydrogens (tertiary/aromatic N) is 2. The van der Waals surface area contributed by atoms with Crippen molar-refractivity contribution in [3.8, 4) is 0 Å². The van der Waals surface area contributed by atoms with E-state index in [9.17, 15) is 4.79 Å². The summed E-state index contributed by atoms with van der Waals surface area (Å²) in [5, 5.41) is 1.04. The van der Waals surface area contributed by atoms with Gasteiger partial charge in [-0.3, -0.25) is 9.79 Å². The maximum absolute atomic E-state index is 13.4. The number of aryl methyl sites for hydroxylation is 1. The van der Waals surface area contributed by atoms with Gasteiger partial charge in [-0.2, -0.15) is 0 Å². The predicted octanol–water partition coefficient (Wildman–Crippen LogP) is 6.16. The van der Waals surface area contributed by atoms with E-state index in [0.717, 1.165) is 16.9 Å². The molecule has 0 saturated carbocycles. The maximum Gasteiger partial charge on any atom is 0.213 e. The molecule has 1 aromatic heterocycles. The minimum atomic E-state index is -0.129. The molecule has 142 valence electrons. The molecule has 0 radical (unpaired) electrons. The van der Waals surface area contributed by atoms with Crippen LogP contribution >= 0.6 is 11.6 Å². The Balaban J connectivity index is 1.81. The van der Waals surface area contributed by atoms with Gasteiger partial charge >= 0.3 is 0 Å². The Morgan fingerprint density at radius 2 is 1.76 bits per heavy atom. The van der Waals surface area contributed by atoms with E-state index in [0.29, 0.717) is 39.5 Å². The zero-order valence-corrected chi connectivity index (χ0v) is 16.5. The Bertz CT molecular complexity index is 1330. The van der Waals surface area contributed by atoms with Crippen LogP contribution in [0.4, 0.5) is 17.3 Å². The summed E-state index contributed by atoms with van der Waals surface area (Å²) < 4.78 is 6.30. The van der Waals surface area contributed by atoms with Crippen molar-refractivity contribution >= 4 is 46.0 Å². The van der Waals surface area contributed by atoms with Gasteiger partial charge in [-0.05, 0) is 42.3 Å². The third kappa shape index (κ3) is 2.93. The van der Waals surface area contributed by atoms with Crippen LogP contribution in [0, 0.1) is 6.92 Å². The summed E-state index contributed by atoms with van der Waals surface area (Å²) in [5.74, 6) is 0.488. The van der Waals surface area contributed by atoms with Crippen LogP contribution in [0.25, 0.3) is 11.0 Å². The fourth-order valence-electron chi connectivity index (χ4n) is 3.70. The number of rotatable bonds is 2. The van der Waals surface area contributed by atoms with Crippen molar-refractivity contribution < 1.29 is 4.42 Å². The highest BCUT2D eigenvalue weighted by Gasteiger charge is 2.25. The van der Waals surface area contributed by atoms with Gasteiger partial charge in [-0.15, -0.1) is 0 Å². The molecule has 0 unspecified atom stereocenters. The quantitative estimate of drug-likeness (QED) is 0.405. The van der Waals surface area contributed by atoms with Gasteiger partial charge in [0.25, 0.3) is 0 Å². The van der Waals surface area contributed by atoms with Gasteiger partial charge in [0.15, 0.2) is 0 Å². The number of aliphatic imine (C=N–C) groups is 1. The van der Waals surface area contributed by atoms with Crippen molar-refractivity contribution in [2.24, 2.45) is 4.99 Å². The van der Waals surface area contributed by atoms with E-state index in [-0.39, 0.29) is 5.43 Å². The molecule has 0 bridgehead atoms. The highest BCUT2D eigenvalue weighted by molar-refractivity contribution is 6.32. The summed E-state index contributed by atoms with van der Waals surface area (Å²) >= 11 is 6.26. The fourth-order valence-corrected chi connectivity index (χ4v) is 3.86. The molecule has 29 heavy (non-hydrogen) atoms. The molecule has 3 aromatic carbocycles. The molecule has 4 nitrogen and oxygen atoms in total. The van der Waals surface area contributed by atoms with Crippen LogP contribution < -0.4 is 10.3 Å². The molecule has 0 atom stereocenters.